The van der Waals surface area contributed by atoms with Crippen LogP contribution < -0.4 is 20.3 Å². The monoisotopic (exact) mass is 594 g/mol. The van der Waals surface area contributed by atoms with Gasteiger partial charge in [-0.05, 0) is 68.0 Å². The number of hydrogen-bond acceptors (Lipinski definition) is 8. The largest absolute Gasteiger partial charge is 0.494 e. The number of nitrogens with zero attached hydrogens (tertiary/aromatic N) is 6. The van der Waals surface area contributed by atoms with Crippen LogP contribution in [0.1, 0.15) is 53.0 Å². The van der Waals surface area contributed by atoms with Gasteiger partial charge in [-0.3, -0.25) is 9.48 Å². The summed E-state index contributed by atoms with van der Waals surface area (Å²) in [5.41, 5.74) is 9.19. The van der Waals surface area contributed by atoms with E-state index in [2.05, 4.69) is 76.6 Å². The number of carbonyl (C=O) groups excluding carboxylic acids is 1. The van der Waals surface area contributed by atoms with Gasteiger partial charge >= 0.3 is 0 Å². The minimum absolute atomic E-state index is 0.182. The van der Waals surface area contributed by atoms with Gasteiger partial charge < -0.3 is 25.2 Å². The fourth-order valence-corrected chi connectivity index (χ4v) is 6.33. The van der Waals surface area contributed by atoms with E-state index in [1.54, 1.807) is 11.8 Å². The molecule has 1 aliphatic carbocycles. The first kappa shape index (κ1) is 29.6. The van der Waals surface area contributed by atoms with Gasteiger partial charge in [0.1, 0.15) is 5.75 Å². The zero-order valence-electron chi connectivity index (χ0n) is 26.4. The summed E-state index contributed by atoms with van der Waals surface area (Å²) in [6, 6.07) is 12.4. The maximum Gasteiger partial charge on any atom is 0.276 e. The maximum absolute atomic E-state index is 13.7. The van der Waals surface area contributed by atoms with Crippen molar-refractivity contribution >= 4 is 28.9 Å². The van der Waals surface area contributed by atoms with Gasteiger partial charge in [0.2, 0.25) is 5.95 Å². The molecule has 1 saturated heterocycles. The number of fused-ring (bicyclic) bond motifs is 3. The Bertz CT molecular complexity index is 1650. The van der Waals surface area contributed by atoms with Crippen LogP contribution in [0.15, 0.2) is 42.6 Å². The van der Waals surface area contributed by atoms with E-state index < -0.39 is 0 Å². The fourth-order valence-electron chi connectivity index (χ4n) is 6.33. The molecule has 10 nitrogen and oxygen atoms in total. The number of nitrogens with one attached hydrogen (secondary N) is 2. The van der Waals surface area contributed by atoms with E-state index in [1.807, 2.05) is 19.3 Å². The van der Waals surface area contributed by atoms with Crippen molar-refractivity contribution < 1.29 is 9.53 Å². The lowest BCUT2D eigenvalue weighted by Crippen LogP contribution is -2.44. The number of likely N-dealkylation sites (N-methyl/N-ethyl adjacent to an activating group) is 1. The summed E-state index contributed by atoms with van der Waals surface area (Å²) in [4.78, 5) is 28.1. The third kappa shape index (κ3) is 5.74. The lowest BCUT2D eigenvalue weighted by Gasteiger charge is -2.34. The molecular weight excluding hydrogens is 552 g/mol. The Morgan fingerprint density at radius 3 is 2.45 bits per heavy atom. The number of piperazine rings is 1. The Morgan fingerprint density at radius 1 is 1.00 bits per heavy atom. The Kier molecular flexibility index (Phi) is 8.52. The number of ether oxygens (including phenoxy) is 1. The summed E-state index contributed by atoms with van der Waals surface area (Å²) in [6.07, 6.45) is 6.02. The molecular formula is C34H42N8O2. The van der Waals surface area contributed by atoms with E-state index in [-0.39, 0.29) is 5.91 Å². The van der Waals surface area contributed by atoms with Crippen molar-refractivity contribution in [3.63, 3.8) is 0 Å². The number of aromatic nitrogens is 4. The van der Waals surface area contributed by atoms with Gasteiger partial charge in [0, 0.05) is 62.4 Å². The van der Waals surface area contributed by atoms with Crippen molar-refractivity contribution in [3.8, 4) is 17.1 Å². The first-order chi connectivity index (χ1) is 21.4. The van der Waals surface area contributed by atoms with Crippen molar-refractivity contribution in [1.82, 2.24) is 24.6 Å². The molecule has 44 heavy (non-hydrogen) atoms. The Balaban J connectivity index is 1.30. The molecule has 3 heterocycles. The molecule has 2 aromatic carbocycles. The van der Waals surface area contributed by atoms with Crippen LogP contribution in [-0.4, -0.2) is 70.9 Å². The normalized spacial score (nSPS) is 14.9. The highest BCUT2D eigenvalue weighted by Crippen LogP contribution is 2.36. The topological polar surface area (TPSA) is 100 Å². The number of rotatable bonds is 8. The zero-order chi connectivity index (χ0) is 30.8. The maximum atomic E-state index is 13.7. The summed E-state index contributed by atoms with van der Waals surface area (Å²) >= 11 is 0. The van der Waals surface area contributed by atoms with Gasteiger partial charge in [-0.2, -0.15) is 5.10 Å². The molecule has 10 heteroatoms. The number of hydrogen-bond donors (Lipinski definition) is 2. The summed E-state index contributed by atoms with van der Waals surface area (Å²) in [7, 11) is 5.73. The standard InChI is InChI=1S/C34H42N8O2/c1-6-22-10-8-11-23(7-2)29(22)37-33(43)31-26-13-9-12-24-21-35-34(38-30(24)32(26)41(4)39-31)36-27-15-14-25(20-28(27)44-5)42-18-16-40(3)17-19-42/h8,10-11,14-15,20-21H,6-7,9,12-13,16-19H2,1-5H3,(H,37,43)(H,35,36,38). The molecule has 4 aromatic rings. The summed E-state index contributed by atoms with van der Waals surface area (Å²) in [6.45, 7) is 8.26. The van der Waals surface area contributed by atoms with Crippen LogP contribution in [0.3, 0.4) is 0 Å². The SMILES string of the molecule is CCc1cccc(CC)c1NC(=O)c1nn(C)c2c1CCCc1cnc(Nc3ccc(N4CCN(C)CC4)cc3OC)nc1-2. The summed E-state index contributed by atoms with van der Waals surface area (Å²) in [5, 5.41) is 11.3. The Hall–Kier alpha value is -4.44. The second-order valence-corrected chi connectivity index (χ2v) is 11.6. The molecule has 0 unspecified atom stereocenters. The highest BCUT2D eigenvalue weighted by atomic mass is 16.5. The molecule has 2 aromatic heterocycles. The summed E-state index contributed by atoms with van der Waals surface area (Å²) < 4.78 is 7.57. The smallest absolute Gasteiger partial charge is 0.276 e. The zero-order valence-corrected chi connectivity index (χ0v) is 26.4. The second-order valence-electron chi connectivity index (χ2n) is 11.6. The fraction of sp³-hybridized carbons (Fsp3) is 0.412. The number of para-hydroxylation sites is 1. The van der Waals surface area contributed by atoms with Crippen LogP contribution in [0.4, 0.5) is 23.0 Å². The lowest BCUT2D eigenvalue weighted by molar-refractivity contribution is 0.102. The molecule has 1 fully saturated rings. The van der Waals surface area contributed by atoms with Gasteiger partial charge in [-0.1, -0.05) is 32.0 Å². The van der Waals surface area contributed by atoms with Gasteiger partial charge in [-0.25, -0.2) is 9.97 Å². The van der Waals surface area contributed by atoms with Crippen molar-refractivity contribution in [3.05, 3.63) is 70.5 Å². The molecule has 0 radical (unpaired) electrons. The molecule has 6 rings (SSSR count). The first-order valence-corrected chi connectivity index (χ1v) is 15.6. The average molecular weight is 595 g/mol. The molecule has 2 N–H and O–H groups in total. The minimum atomic E-state index is -0.182. The van der Waals surface area contributed by atoms with E-state index in [1.165, 1.54) is 0 Å². The third-order valence-corrected chi connectivity index (χ3v) is 8.86. The molecule has 0 bridgehead atoms. The molecule has 0 spiro atoms. The number of benzene rings is 2. The molecule has 230 valence electrons. The number of carbonyl (C=O) groups is 1. The lowest BCUT2D eigenvalue weighted by atomic mass is 10.0. The van der Waals surface area contributed by atoms with E-state index >= 15 is 0 Å². The average Bonchev–Trinajstić information content (AvgIpc) is 3.25. The molecule has 0 atom stereocenters. The highest BCUT2D eigenvalue weighted by Gasteiger charge is 2.28. The number of amides is 1. The van der Waals surface area contributed by atoms with E-state index in [0.29, 0.717) is 11.6 Å². The second kappa shape index (κ2) is 12.7. The van der Waals surface area contributed by atoms with E-state index in [9.17, 15) is 4.79 Å². The molecule has 1 aliphatic heterocycles. The molecule has 1 amide bonds. The van der Waals surface area contributed by atoms with Crippen LogP contribution in [0.2, 0.25) is 0 Å². The van der Waals surface area contributed by atoms with E-state index in [0.717, 1.165) is 115 Å². The van der Waals surface area contributed by atoms with Crippen molar-refractivity contribution in [2.75, 3.05) is 55.9 Å². The van der Waals surface area contributed by atoms with Gasteiger partial charge in [0.15, 0.2) is 5.69 Å². The Morgan fingerprint density at radius 2 is 1.75 bits per heavy atom. The van der Waals surface area contributed by atoms with Crippen molar-refractivity contribution in [2.24, 2.45) is 7.05 Å². The van der Waals surface area contributed by atoms with Crippen LogP contribution >= 0.6 is 0 Å². The van der Waals surface area contributed by atoms with Crippen LogP contribution in [0.25, 0.3) is 11.4 Å². The Labute approximate surface area is 259 Å². The van der Waals surface area contributed by atoms with E-state index in [4.69, 9.17) is 14.8 Å². The first-order valence-electron chi connectivity index (χ1n) is 15.6. The van der Waals surface area contributed by atoms with Crippen molar-refractivity contribution in [2.45, 2.75) is 46.0 Å². The molecule has 0 saturated carbocycles. The highest BCUT2D eigenvalue weighted by molar-refractivity contribution is 6.05. The third-order valence-electron chi connectivity index (χ3n) is 8.86. The number of aryl methyl sites for hydroxylation is 4. The predicted octanol–water partition coefficient (Wildman–Crippen LogP) is 5.25. The van der Waals surface area contributed by atoms with Crippen LogP contribution in [0, 0.1) is 0 Å². The summed E-state index contributed by atoms with van der Waals surface area (Å²) in [5.74, 6) is 1.02. The molecule has 2 aliphatic rings. The van der Waals surface area contributed by atoms with Gasteiger partial charge in [-0.15, -0.1) is 0 Å². The predicted molar refractivity (Wildman–Crippen MR) is 175 cm³/mol. The van der Waals surface area contributed by atoms with Crippen LogP contribution in [-0.2, 0) is 32.7 Å². The van der Waals surface area contributed by atoms with Crippen LogP contribution in [0.5, 0.6) is 5.75 Å². The number of anilines is 4. The number of methoxy groups -OCH3 is 1. The quantitative estimate of drug-likeness (QED) is 0.286. The van der Waals surface area contributed by atoms with Gasteiger partial charge in [0.25, 0.3) is 5.91 Å². The minimum Gasteiger partial charge on any atom is -0.494 e. The van der Waals surface area contributed by atoms with Crippen molar-refractivity contribution in [1.29, 1.82) is 0 Å². The van der Waals surface area contributed by atoms with Gasteiger partial charge in [0.05, 0.1) is 24.2 Å².